The van der Waals surface area contributed by atoms with E-state index in [1.807, 2.05) is 0 Å². The number of nitro groups is 1. The molecule has 1 saturated heterocycles. The highest BCUT2D eigenvalue weighted by Gasteiger charge is 2.56. The van der Waals surface area contributed by atoms with E-state index in [9.17, 15) is 19.7 Å². The number of non-ortho nitro benzene ring substituents is 1. The Morgan fingerprint density at radius 2 is 1.68 bits per heavy atom. The molecular formula is C20H17N3O8. The van der Waals surface area contributed by atoms with Gasteiger partial charge in [0.15, 0.2) is 11.5 Å². The molecule has 2 aromatic rings. The van der Waals surface area contributed by atoms with Crippen LogP contribution in [0.4, 0.5) is 11.4 Å². The highest BCUT2D eigenvalue weighted by molar-refractivity contribution is 6.32. The molecule has 11 nitrogen and oxygen atoms in total. The number of carbonyl (C=O) groups is 2. The number of imide groups is 1. The predicted octanol–water partition coefficient (Wildman–Crippen LogP) is 1.91. The van der Waals surface area contributed by atoms with Gasteiger partial charge >= 0.3 is 0 Å². The second-order valence-corrected chi connectivity index (χ2v) is 6.68. The molecule has 160 valence electrons. The van der Waals surface area contributed by atoms with E-state index in [-0.39, 0.29) is 22.8 Å². The van der Waals surface area contributed by atoms with Crippen molar-refractivity contribution in [1.29, 1.82) is 0 Å². The summed E-state index contributed by atoms with van der Waals surface area (Å²) in [5.41, 5.74) is 0.660. The molecule has 4 rings (SSSR count). The summed E-state index contributed by atoms with van der Waals surface area (Å²) in [6.07, 6.45) is -1.14. The fourth-order valence-corrected chi connectivity index (χ4v) is 3.61. The first-order chi connectivity index (χ1) is 14.9. The molecule has 2 amide bonds. The van der Waals surface area contributed by atoms with Gasteiger partial charge in [0.1, 0.15) is 17.4 Å². The van der Waals surface area contributed by atoms with Crippen molar-refractivity contribution in [3.63, 3.8) is 0 Å². The van der Waals surface area contributed by atoms with E-state index in [1.165, 1.54) is 33.5 Å². The molecule has 2 aromatic carbocycles. The Kier molecular flexibility index (Phi) is 4.93. The fourth-order valence-electron chi connectivity index (χ4n) is 3.61. The van der Waals surface area contributed by atoms with Gasteiger partial charge in [-0.1, -0.05) is 5.16 Å². The Hall–Kier alpha value is -4.15. The molecule has 0 unspecified atom stereocenters. The summed E-state index contributed by atoms with van der Waals surface area (Å²) >= 11 is 0. The molecule has 0 aromatic heterocycles. The van der Waals surface area contributed by atoms with E-state index in [1.54, 1.807) is 18.2 Å². The molecule has 0 bridgehead atoms. The van der Waals surface area contributed by atoms with Gasteiger partial charge < -0.3 is 19.0 Å². The van der Waals surface area contributed by atoms with E-state index in [0.717, 1.165) is 11.0 Å². The maximum Gasteiger partial charge on any atom is 0.279 e. The zero-order chi connectivity index (χ0) is 22.3. The lowest BCUT2D eigenvalue weighted by Crippen LogP contribution is -2.33. The molecule has 0 spiro atoms. The third kappa shape index (κ3) is 3.10. The number of hydrogen-bond donors (Lipinski definition) is 0. The Bertz CT molecular complexity index is 1130. The third-order valence-electron chi connectivity index (χ3n) is 5.11. The predicted molar refractivity (Wildman–Crippen MR) is 107 cm³/mol. The Balaban J connectivity index is 1.71. The number of methoxy groups -OCH3 is 3. The molecule has 0 saturated carbocycles. The maximum atomic E-state index is 13.2. The van der Waals surface area contributed by atoms with Gasteiger partial charge in [0.2, 0.25) is 12.0 Å². The summed E-state index contributed by atoms with van der Waals surface area (Å²) in [6, 6.07) is 8.60. The first-order valence-electron chi connectivity index (χ1n) is 9.07. The largest absolute Gasteiger partial charge is 0.494 e. The zero-order valence-corrected chi connectivity index (χ0v) is 16.7. The lowest BCUT2D eigenvalue weighted by molar-refractivity contribution is -0.384. The number of rotatable bonds is 6. The second-order valence-electron chi connectivity index (χ2n) is 6.68. The van der Waals surface area contributed by atoms with Gasteiger partial charge in [0, 0.05) is 11.6 Å². The van der Waals surface area contributed by atoms with Crippen LogP contribution in [-0.2, 0) is 14.4 Å². The minimum atomic E-state index is -1.14. The highest BCUT2D eigenvalue weighted by atomic mass is 16.7. The van der Waals surface area contributed by atoms with E-state index in [0.29, 0.717) is 17.1 Å². The van der Waals surface area contributed by atoms with Gasteiger partial charge in [0.25, 0.3) is 11.6 Å². The highest BCUT2D eigenvalue weighted by Crippen LogP contribution is 2.40. The summed E-state index contributed by atoms with van der Waals surface area (Å²) in [6.45, 7) is 0. The molecule has 31 heavy (non-hydrogen) atoms. The molecule has 2 atom stereocenters. The zero-order valence-electron chi connectivity index (χ0n) is 16.7. The molecular weight excluding hydrogens is 410 g/mol. The van der Waals surface area contributed by atoms with Crippen LogP contribution in [0.15, 0.2) is 41.6 Å². The van der Waals surface area contributed by atoms with Crippen molar-refractivity contribution in [1.82, 2.24) is 0 Å². The number of benzene rings is 2. The first kappa shape index (κ1) is 20.1. The number of amides is 2. The Morgan fingerprint density at radius 3 is 2.32 bits per heavy atom. The van der Waals surface area contributed by atoms with Crippen LogP contribution in [0, 0.1) is 16.0 Å². The molecule has 1 fully saturated rings. The normalized spacial score (nSPS) is 19.6. The maximum absolute atomic E-state index is 13.2. The molecule has 0 N–H and O–H groups in total. The van der Waals surface area contributed by atoms with Gasteiger partial charge in [-0.25, -0.2) is 4.90 Å². The van der Waals surface area contributed by atoms with Gasteiger partial charge in [-0.15, -0.1) is 0 Å². The molecule has 11 heteroatoms. The van der Waals surface area contributed by atoms with Gasteiger partial charge in [-0.3, -0.25) is 19.7 Å². The number of nitro benzene ring substituents is 1. The van der Waals surface area contributed by atoms with Crippen molar-refractivity contribution in [2.45, 2.75) is 6.10 Å². The molecule has 0 aliphatic carbocycles. The monoisotopic (exact) mass is 427 g/mol. The Labute approximate surface area is 175 Å². The summed E-state index contributed by atoms with van der Waals surface area (Å²) in [5, 5.41) is 15.0. The number of nitrogens with zero attached hydrogens (tertiary/aromatic N) is 3. The number of carbonyl (C=O) groups excluding carboxylic acids is 2. The van der Waals surface area contributed by atoms with Gasteiger partial charge in [0.05, 0.1) is 38.0 Å². The quantitative estimate of drug-likeness (QED) is 0.388. The van der Waals surface area contributed by atoms with E-state index in [2.05, 4.69) is 5.16 Å². The number of ether oxygens (including phenoxy) is 3. The number of oxime groups is 1. The lowest BCUT2D eigenvalue weighted by Gasteiger charge is -2.18. The second kappa shape index (κ2) is 7.59. The van der Waals surface area contributed by atoms with Crippen LogP contribution < -0.4 is 19.1 Å². The molecule has 0 radical (unpaired) electrons. The van der Waals surface area contributed by atoms with Crippen LogP contribution in [-0.4, -0.2) is 49.9 Å². The summed E-state index contributed by atoms with van der Waals surface area (Å²) in [7, 11) is 4.27. The van der Waals surface area contributed by atoms with Crippen molar-refractivity contribution in [2.75, 3.05) is 26.2 Å². The first-order valence-corrected chi connectivity index (χ1v) is 9.07. The molecule has 2 heterocycles. The van der Waals surface area contributed by atoms with Crippen molar-refractivity contribution < 1.29 is 33.6 Å². The van der Waals surface area contributed by atoms with E-state index < -0.39 is 28.8 Å². The van der Waals surface area contributed by atoms with Crippen molar-refractivity contribution in [2.24, 2.45) is 11.1 Å². The standard InChI is InChI=1S/C20H17N3O8/c1-28-13-7-4-10(8-15(13)30-3)17-16-18(31-21-17)20(25)22(19(16)24)12-6-5-11(23(26)27)9-14(12)29-2/h4-9,16,18H,1-3H3/t16-,18+/m1/s1. The van der Waals surface area contributed by atoms with Crippen LogP contribution in [0.3, 0.4) is 0 Å². The average Bonchev–Trinajstić information content (AvgIpc) is 3.32. The number of fused-ring (bicyclic) bond motifs is 1. The molecule has 2 aliphatic heterocycles. The van der Waals surface area contributed by atoms with Gasteiger partial charge in [-0.2, -0.15) is 0 Å². The van der Waals surface area contributed by atoms with E-state index >= 15 is 0 Å². The molecule has 2 aliphatic rings. The lowest BCUT2D eigenvalue weighted by atomic mass is 9.94. The number of anilines is 1. The fraction of sp³-hybridized carbons (Fsp3) is 0.250. The van der Waals surface area contributed by atoms with Gasteiger partial charge in [-0.05, 0) is 24.3 Å². The number of hydrogen-bond acceptors (Lipinski definition) is 9. The van der Waals surface area contributed by atoms with Crippen LogP contribution in [0.5, 0.6) is 17.2 Å². The van der Waals surface area contributed by atoms with Crippen LogP contribution in [0.1, 0.15) is 5.56 Å². The van der Waals surface area contributed by atoms with Crippen molar-refractivity contribution in [3.8, 4) is 17.2 Å². The smallest absolute Gasteiger partial charge is 0.279 e. The summed E-state index contributed by atoms with van der Waals surface area (Å²) in [5.74, 6) is -1.26. The van der Waals surface area contributed by atoms with Crippen LogP contribution in [0.2, 0.25) is 0 Å². The van der Waals surface area contributed by atoms with Crippen molar-refractivity contribution in [3.05, 3.63) is 52.1 Å². The van der Waals surface area contributed by atoms with Crippen LogP contribution in [0.25, 0.3) is 0 Å². The van der Waals surface area contributed by atoms with Crippen molar-refractivity contribution >= 4 is 28.9 Å². The third-order valence-corrected chi connectivity index (χ3v) is 5.11. The topological polar surface area (TPSA) is 130 Å². The average molecular weight is 427 g/mol. The van der Waals surface area contributed by atoms with E-state index in [4.69, 9.17) is 19.0 Å². The minimum absolute atomic E-state index is 0.0143. The summed E-state index contributed by atoms with van der Waals surface area (Å²) < 4.78 is 15.7. The minimum Gasteiger partial charge on any atom is -0.494 e. The SMILES string of the molecule is COc1ccc(C2=NO[C@@H]3C(=O)N(c4ccc([N+](=O)[O-])cc4OC)C(=O)[C@H]23)cc1OC. The summed E-state index contributed by atoms with van der Waals surface area (Å²) in [4.78, 5) is 42.8. The van der Waals surface area contributed by atoms with Crippen LogP contribution >= 0.6 is 0 Å². The Morgan fingerprint density at radius 1 is 0.968 bits per heavy atom.